The maximum absolute atomic E-state index is 9.87. The molecule has 1 heteroatoms. The number of rotatable bonds is 6. The molecule has 0 spiro atoms. The average molecular weight is 166 g/mol. The van der Waals surface area contributed by atoms with E-state index in [1.807, 2.05) is 6.08 Å². The third-order valence-electron chi connectivity index (χ3n) is 1.96. The van der Waals surface area contributed by atoms with E-state index in [0.717, 1.165) is 18.6 Å². The molecule has 1 unspecified atom stereocenters. The van der Waals surface area contributed by atoms with Gasteiger partial charge < -0.3 is 0 Å². The quantitative estimate of drug-likeness (QED) is 0.336. The van der Waals surface area contributed by atoms with Crippen molar-refractivity contribution in [2.24, 2.45) is 5.92 Å². The molecule has 68 valence electrons. The smallest absolute Gasteiger partial charge is 0.142 e. The van der Waals surface area contributed by atoms with Crippen molar-refractivity contribution >= 4 is 6.29 Å². The fourth-order valence-electron chi connectivity index (χ4n) is 0.869. The van der Waals surface area contributed by atoms with Gasteiger partial charge in [-0.1, -0.05) is 38.5 Å². The number of aldehydes is 1. The minimum atomic E-state index is 0.791. The molecule has 1 atom stereocenters. The van der Waals surface area contributed by atoms with E-state index in [9.17, 15) is 4.79 Å². The zero-order chi connectivity index (χ0) is 9.23. The van der Waals surface area contributed by atoms with E-state index < -0.39 is 0 Å². The third-order valence-corrected chi connectivity index (χ3v) is 1.96. The monoisotopic (exact) mass is 166 g/mol. The number of allylic oxidation sites excluding steroid dienone is 4. The molecule has 0 heterocycles. The average Bonchev–Trinajstić information content (AvgIpc) is 2.10. The zero-order valence-corrected chi connectivity index (χ0v) is 7.99. The van der Waals surface area contributed by atoms with Crippen LogP contribution in [0.1, 0.15) is 33.1 Å². The second-order valence-electron chi connectivity index (χ2n) is 3.04. The lowest BCUT2D eigenvalue weighted by Crippen LogP contribution is -1.89. The van der Waals surface area contributed by atoms with Crippen LogP contribution in [0, 0.1) is 5.92 Å². The van der Waals surface area contributed by atoms with Gasteiger partial charge in [0.1, 0.15) is 6.29 Å². The van der Waals surface area contributed by atoms with Gasteiger partial charge in [-0.05, 0) is 24.8 Å². The van der Waals surface area contributed by atoms with Gasteiger partial charge in [0.2, 0.25) is 0 Å². The Balaban J connectivity index is 3.35. The lowest BCUT2D eigenvalue weighted by Gasteiger charge is -2.03. The van der Waals surface area contributed by atoms with Gasteiger partial charge in [-0.3, -0.25) is 4.79 Å². The van der Waals surface area contributed by atoms with Crippen LogP contribution in [0.5, 0.6) is 0 Å². The Labute approximate surface area is 75.2 Å². The largest absolute Gasteiger partial charge is 0.299 e. The van der Waals surface area contributed by atoms with Gasteiger partial charge in [0, 0.05) is 0 Å². The topological polar surface area (TPSA) is 17.1 Å². The number of carbonyl (C=O) groups excluding carboxylic acids is 1. The van der Waals surface area contributed by atoms with Gasteiger partial charge >= 0.3 is 0 Å². The molecule has 1 nitrogen and oxygen atoms in total. The Morgan fingerprint density at radius 3 is 2.58 bits per heavy atom. The first kappa shape index (κ1) is 11.2. The van der Waals surface area contributed by atoms with Crippen LogP contribution in [0.2, 0.25) is 0 Å². The van der Waals surface area contributed by atoms with E-state index >= 15 is 0 Å². The highest BCUT2D eigenvalue weighted by Crippen LogP contribution is 2.09. The van der Waals surface area contributed by atoms with Crippen LogP contribution in [0.4, 0.5) is 0 Å². The maximum atomic E-state index is 9.87. The van der Waals surface area contributed by atoms with Gasteiger partial charge in [0.25, 0.3) is 0 Å². The molecule has 0 amide bonds. The van der Waals surface area contributed by atoms with Crippen molar-refractivity contribution in [3.8, 4) is 0 Å². The Morgan fingerprint density at radius 1 is 1.25 bits per heavy atom. The van der Waals surface area contributed by atoms with E-state index in [4.69, 9.17) is 0 Å². The van der Waals surface area contributed by atoms with E-state index in [1.54, 1.807) is 6.08 Å². The summed E-state index contributed by atoms with van der Waals surface area (Å²) in [5, 5.41) is 0. The van der Waals surface area contributed by atoms with Gasteiger partial charge in [0.15, 0.2) is 0 Å². The Bertz CT molecular complexity index is 156. The highest BCUT2D eigenvalue weighted by Gasteiger charge is 1.94. The van der Waals surface area contributed by atoms with Crippen molar-refractivity contribution in [1.29, 1.82) is 0 Å². The van der Waals surface area contributed by atoms with E-state index in [2.05, 4.69) is 19.9 Å². The lowest BCUT2D eigenvalue weighted by atomic mass is 10.0. The SMILES string of the molecule is CCC(C)CC/C=C/C=C/C=O. The molecule has 0 aromatic carbocycles. The number of hydrogen-bond donors (Lipinski definition) is 0. The molecular formula is C11H18O. The summed E-state index contributed by atoms with van der Waals surface area (Å²) in [6.45, 7) is 4.47. The predicted octanol–water partition coefficient (Wildman–Crippen LogP) is 3.12. The molecule has 0 bridgehead atoms. The van der Waals surface area contributed by atoms with Crippen molar-refractivity contribution in [3.05, 3.63) is 24.3 Å². The Hall–Kier alpha value is -0.850. The molecule has 0 aliphatic rings. The fourth-order valence-corrected chi connectivity index (χ4v) is 0.869. The molecule has 0 aromatic rings. The molecule has 0 saturated heterocycles. The van der Waals surface area contributed by atoms with Gasteiger partial charge in [0.05, 0.1) is 0 Å². The predicted molar refractivity (Wildman–Crippen MR) is 53.0 cm³/mol. The molecule has 0 radical (unpaired) electrons. The fraction of sp³-hybridized carbons (Fsp3) is 0.545. The van der Waals surface area contributed by atoms with Crippen molar-refractivity contribution < 1.29 is 4.79 Å². The summed E-state index contributed by atoms with van der Waals surface area (Å²) >= 11 is 0. The third kappa shape index (κ3) is 7.26. The first-order valence-corrected chi connectivity index (χ1v) is 4.58. The van der Waals surface area contributed by atoms with Crippen LogP contribution in [-0.4, -0.2) is 6.29 Å². The highest BCUT2D eigenvalue weighted by molar-refractivity contribution is 5.65. The minimum absolute atomic E-state index is 0.791. The number of hydrogen-bond acceptors (Lipinski definition) is 1. The van der Waals surface area contributed by atoms with Crippen LogP contribution >= 0.6 is 0 Å². The van der Waals surface area contributed by atoms with E-state index in [-0.39, 0.29) is 0 Å². The number of carbonyl (C=O) groups is 1. The zero-order valence-electron chi connectivity index (χ0n) is 7.99. The van der Waals surface area contributed by atoms with Crippen LogP contribution in [-0.2, 0) is 4.79 Å². The van der Waals surface area contributed by atoms with E-state index in [0.29, 0.717) is 0 Å². The summed E-state index contributed by atoms with van der Waals surface area (Å²) in [4.78, 5) is 9.87. The summed E-state index contributed by atoms with van der Waals surface area (Å²) in [5.74, 6) is 0.810. The van der Waals surface area contributed by atoms with Gasteiger partial charge in [-0.2, -0.15) is 0 Å². The van der Waals surface area contributed by atoms with Crippen molar-refractivity contribution in [2.45, 2.75) is 33.1 Å². The summed E-state index contributed by atoms with van der Waals surface area (Å²) in [6, 6.07) is 0. The Kier molecular flexibility index (Phi) is 7.66. The van der Waals surface area contributed by atoms with Crippen LogP contribution in [0.15, 0.2) is 24.3 Å². The van der Waals surface area contributed by atoms with Crippen LogP contribution in [0.25, 0.3) is 0 Å². The molecule has 0 saturated carbocycles. The molecular weight excluding hydrogens is 148 g/mol. The minimum Gasteiger partial charge on any atom is -0.299 e. The second kappa shape index (κ2) is 8.25. The summed E-state index contributed by atoms with van der Waals surface area (Å²) in [5.41, 5.74) is 0. The van der Waals surface area contributed by atoms with Crippen molar-refractivity contribution in [3.63, 3.8) is 0 Å². The summed E-state index contributed by atoms with van der Waals surface area (Å²) in [6.07, 6.45) is 11.7. The van der Waals surface area contributed by atoms with E-state index in [1.165, 1.54) is 18.9 Å². The molecule has 0 aliphatic carbocycles. The normalized spacial score (nSPS) is 14.2. The molecule has 0 aliphatic heterocycles. The van der Waals surface area contributed by atoms with Crippen LogP contribution < -0.4 is 0 Å². The van der Waals surface area contributed by atoms with Gasteiger partial charge in [-0.15, -0.1) is 0 Å². The highest BCUT2D eigenvalue weighted by atomic mass is 16.1. The van der Waals surface area contributed by atoms with Gasteiger partial charge in [-0.25, -0.2) is 0 Å². The van der Waals surface area contributed by atoms with Crippen molar-refractivity contribution in [2.75, 3.05) is 0 Å². The first-order valence-electron chi connectivity index (χ1n) is 4.58. The summed E-state index contributed by atoms with van der Waals surface area (Å²) < 4.78 is 0. The Morgan fingerprint density at radius 2 is 2.00 bits per heavy atom. The van der Waals surface area contributed by atoms with Crippen LogP contribution in [0.3, 0.4) is 0 Å². The molecule has 0 N–H and O–H groups in total. The molecule has 12 heavy (non-hydrogen) atoms. The molecule has 0 rings (SSSR count). The molecule has 0 aromatic heterocycles. The second-order valence-corrected chi connectivity index (χ2v) is 3.04. The standard InChI is InChI=1S/C11H18O/c1-3-11(2)9-7-5-4-6-8-10-12/h4-6,8,10-11H,3,7,9H2,1-2H3/b5-4+,8-6+. The maximum Gasteiger partial charge on any atom is 0.142 e. The molecule has 0 fully saturated rings. The summed E-state index contributed by atoms with van der Waals surface area (Å²) in [7, 11) is 0. The van der Waals surface area contributed by atoms with Crippen molar-refractivity contribution in [1.82, 2.24) is 0 Å². The first-order chi connectivity index (χ1) is 5.81. The lowest BCUT2D eigenvalue weighted by molar-refractivity contribution is -0.104.